The predicted molar refractivity (Wildman–Crippen MR) is 81.1 cm³/mol. The van der Waals surface area contributed by atoms with E-state index in [2.05, 4.69) is 20.2 Å². The number of aromatic nitrogens is 2. The molecule has 1 N–H and O–H groups in total. The first kappa shape index (κ1) is 14.6. The monoisotopic (exact) mass is 308 g/mol. The number of oxazole rings is 1. The Labute approximate surface area is 131 Å². The summed E-state index contributed by atoms with van der Waals surface area (Å²) in [5, 5.41) is 17.2. The van der Waals surface area contributed by atoms with Gasteiger partial charge in [-0.15, -0.1) is 0 Å². The van der Waals surface area contributed by atoms with Crippen LogP contribution in [0.5, 0.6) is 0 Å². The Kier molecular flexibility index (Phi) is 4.19. The van der Waals surface area contributed by atoms with Gasteiger partial charge in [0.2, 0.25) is 0 Å². The highest BCUT2D eigenvalue weighted by molar-refractivity contribution is 5.75. The molecule has 0 bridgehead atoms. The number of hydrogen-bond donors (Lipinski definition) is 1. The minimum atomic E-state index is -1.07. The smallest absolute Gasteiger partial charge is 0.335 e. The average molecular weight is 308 g/mol. The second kappa shape index (κ2) is 6.61. The summed E-state index contributed by atoms with van der Waals surface area (Å²) in [6, 6.07) is 9.20. The Morgan fingerprint density at radius 2 is 1.83 bits per heavy atom. The zero-order chi connectivity index (χ0) is 16.1. The lowest BCUT2D eigenvalue weighted by atomic mass is 10.1. The fourth-order valence-corrected chi connectivity index (χ4v) is 1.98. The zero-order valence-corrected chi connectivity index (χ0v) is 11.9. The minimum Gasteiger partial charge on any atom is -0.479 e. The third kappa shape index (κ3) is 3.46. The summed E-state index contributed by atoms with van der Waals surface area (Å²) in [5.74, 6) is -0.424. The van der Waals surface area contributed by atoms with Crippen LogP contribution < -0.4 is 0 Å². The lowest BCUT2D eigenvalue weighted by molar-refractivity contribution is -0.138. The molecule has 0 radical (unpaired) electrons. The number of nitrogens with zero attached hydrogens (tertiary/aromatic N) is 4. The lowest BCUT2D eigenvalue weighted by Crippen LogP contribution is -2.08. The average Bonchev–Trinajstić information content (AvgIpc) is 3.11. The van der Waals surface area contributed by atoms with Crippen molar-refractivity contribution in [3.8, 4) is 11.3 Å². The highest BCUT2D eigenvalue weighted by Crippen LogP contribution is 2.24. The van der Waals surface area contributed by atoms with Gasteiger partial charge in [0.05, 0.1) is 11.9 Å². The van der Waals surface area contributed by atoms with E-state index in [1.807, 2.05) is 0 Å². The van der Waals surface area contributed by atoms with E-state index in [4.69, 9.17) is 4.42 Å². The largest absolute Gasteiger partial charge is 0.479 e. The molecule has 114 valence electrons. The summed E-state index contributed by atoms with van der Waals surface area (Å²) in [7, 11) is 0. The molecular formula is C16H12N4O3. The van der Waals surface area contributed by atoms with E-state index < -0.39 is 12.0 Å². The molecule has 0 amide bonds. The summed E-state index contributed by atoms with van der Waals surface area (Å²) in [6.07, 6.45) is 6.01. The third-order valence-electron chi connectivity index (χ3n) is 3.13. The molecule has 1 unspecified atom stereocenters. The summed E-state index contributed by atoms with van der Waals surface area (Å²) in [4.78, 5) is 19.1. The van der Waals surface area contributed by atoms with Gasteiger partial charge in [0.25, 0.3) is 0 Å². The molecule has 0 fully saturated rings. The van der Waals surface area contributed by atoms with Crippen LogP contribution in [0.15, 0.2) is 76.0 Å². The fourth-order valence-electron chi connectivity index (χ4n) is 1.98. The van der Waals surface area contributed by atoms with Crippen molar-refractivity contribution in [3.05, 3.63) is 66.9 Å². The SMILES string of the molecule is O=C(O)C(N=Nc1ccc(-c2cnco2)cc1)c1ccncc1. The molecule has 0 aliphatic heterocycles. The van der Waals surface area contributed by atoms with Crippen molar-refractivity contribution in [3.63, 3.8) is 0 Å². The maximum absolute atomic E-state index is 11.3. The summed E-state index contributed by atoms with van der Waals surface area (Å²) < 4.78 is 5.20. The maximum atomic E-state index is 11.3. The zero-order valence-electron chi connectivity index (χ0n) is 11.9. The first-order chi connectivity index (χ1) is 11.2. The van der Waals surface area contributed by atoms with E-state index in [1.54, 1.807) is 42.6 Å². The minimum absolute atomic E-state index is 0.523. The van der Waals surface area contributed by atoms with Gasteiger partial charge in [0.15, 0.2) is 18.2 Å². The molecule has 23 heavy (non-hydrogen) atoms. The molecule has 2 heterocycles. The van der Waals surface area contributed by atoms with Gasteiger partial charge in [-0.3, -0.25) is 4.98 Å². The summed E-state index contributed by atoms with van der Waals surface area (Å²) in [6.45, 7) is 0. The van der Waals surface area contributed by atoms with Crippen LogP contribution in [0.2, 0.25) is 0 Å². The normalized spacial score (nSPS) is 12.3. The Hall–Kier alpha value is -3.35. The quantitative estimate of drug-likeness (QED) is 0.725. The van der Waals surface area contributed by atoms with Crippen LogP contribution in [0.1, 0.15) is 11.6 Å². The molecule has 0 aliphatic rings. The van der Waals surface area contributed by atoms with E-state index in [0.29, 0.717) is 17.0 Å². The number of pyridine rings is 1. The van der Waals surface area contributed by atoms with Crippen LogP contribution in [0.3, 0.4) is 0 Å². The van der Waals surface area contributed by atoms with Crippen LogP contribution in [0.4, 0.5) is 5.69 Å². The maximum Gasteiger partial charge on any atom is 0.335 e. The first-order valence-electron chi connectivity index (χ1n) is 6.76. The van der Waals surface area contributed by atoms with E-state index in [0.717, 1.165) is 5.56 Å². The number of carboxylic acids is 1. The number of carboxylic acid groups (broad SMARTS) is 1. The Bertz CT molecular complexity index is 799. The van der Waals surface area contributed by atoms with E-state index >= 15 is 0 Å². The standard InChI is InChI=1S/C16H12N4O3/c21-16(22)15(12-5-7-17-8-6-12)20-19-13-3-1-11(2-4-13)14-9-18-10-23-14/h1-10,15H,(H,21,22). The summed E-state index contributed by atoms with van der Waals surface area (Å²) >= 11 is 0. The van der Waals surface area contributed by atoms with Gasteiger partial charge in [-0.05, 0) is 42.0 Å². The number of benzene rings is 1. The molecule has 0 spiro atoms. The van der Waals surface area contributed by atoms with Crippen LogP contribution >= 0.6 is 0 Å². The topological polar surface area (TPSA) is 101 Å². The fraction of sp³-hybridized carbons (Fsp3) is 0.0625. The van der Waals surface area contributed by atoms with Crippen molar-refractivity contribution in [1.82, 2.24) is 9.97 Å². The van der Waals surface area contributed by atoms with Gasteiger partial charge in [-0.2, -0.15) is 10.2 Å². The number of aliphatic carboxylic acids is 1. The number of carbonyl (C=O) groups is 1. The van der Waals surface area contributed by atoms with Crippen molar-refractivity contribution >= 4 is 11.7 Å². The Balaban J connectivity index is 1.79. The molecule has 3 aromatic rings. The molecular weight excluding hydrogens is 296 g/mol. The van der Waals surface area contributed by atoms with E-state index in [9.17, 15) is 9.90 Å². The molecule has 7 heteroatoms. The second-order valence-electron chi connectivity index (χ2n) is 4.65. The van der Waals surface area contributed by atoms with Crippen molar-refractivity contribution < 1.29 is 14.3 Å². The van der Waals surface area contributed by atoms with Crippen LogP contribution in [0, 0.1) is 0 Å². The number of rotatable bonds is 5. The van der Waals surface area contributed by atoms with Crippen molar-refractivity contribution in [2.75, 3.05) is 0 Å². The Morgan fingerprint density at radius 3 is 2.43 bits per heavy atom. The van der Waals surface area contributed by atoms with E-state index in [-0.39, 0.29) is 0 Å². The lowest BCUT2D eigenvalue weighted by Gasteiger charge is -2.05. The van der Waals surface area contributed by atoms with Gasteiger partial charge in [0.1, 0.15) is 0 Å². The molecule has 2 aromatic heterocycles. The van der Waals surface area contributed by atoms with Crippen molar-refractivity contribution in [1.29, 1.82) is 0 Å². The highest BCUT2D eigenvalue weighted by atomic mass is 16.4. The number of hydrogen-bond acceptors (Lipinski definition) is 6. The molecule has 1 atom stereocenters. The van der Waals surface area contributed by atoms with E-state index in [1.165, 1.54) is 18.8 Å². The number of azo groups is 1. The van der Waals surface area contributed by atoms with Crippen LogP contribution in [-0.4, -0.2) is 21.0 Å². The molecule has 3 rings (SSSR count). The molecule has 7 nitrogen and oxygen atoms in total. The molecule has 1 aromatic carbocycles. The Morgan fingerprint density at radius 1 is 1.09 bits per heavy atom. The summed E-state index contributed by atoms with van der Waals surface area (Å²) in [5.41, 5.74) is 1.92. The van der Waals surface area contributed by atoms with Gasteiger partial charge in [-0.1, -0.05) is 0 Å². The molecule has 0 saturated heterocycles. The highest BCUT2D eigenvalue weighted by Gasteiger charge is 2.18. The van der Waals surface area contributed by atoms with Crippen LogP contribution in [-0.2, 0) is 4.79 Å². The first-order valence-corrected chi connectivity index (χ1v) is 6.76. The predicted octanol–water partition coefficient (Wildman–Crippen LogP) is 3.65. The van der Waals surface area contributed by atoms with Crippen molar-refractivity contribution in [2.45, 2.75) is 6.04 Å². The third-order valence-corrected chi connectivity index (χ3v) is 3.13. The van der Waals surface area contributed by atoms with Crippen molar-refractivity contribution in [2.24, 2.45) is 10.2 Å². The van der Waals surface area contributed by atoms with Gasteiger partial charge < -0.3 is 9.52 Å². The molecule has 0 saturated carbocycles. The van der Waals surface area contributed by atoms with Gasteiger partial charge >= 0.3 is 5.97 Å². The van der Waals surface area contributed by atoms with Gasteiger partial charge in [-0.25, -0.2) is 9.78 Å². The molecule has 0 aliphatic carbocycles. The second-order valence-corrected chi connectivity index (χ2v) is 4.65. The van der Waals surface area contributed by atoms with Gasteiger partial charge in [0, 0.05) is 18.0 Å². The van der Waals surface area contributed by atoms with Crippen LogP contribution in [0.25, 0.3) is 11.3 Å².